The van der Waals surface area contributed by atoms with Crippen LogP contribution >= 0.6 is 0 Å². The zero-order valence-electron chi connectivity index (χ0n) is 8.09. The molecule has 2 nitrogen and oxygen atoms in total. The highest BCUT2D eigenvalue weighted by molar-refractivity contribution is 5.30. The van der Waals surface area contributed by atoms with E-state index in [1.807, 2.05) is 11.7 Å². The largest absolute Gasteiger partial charge is 0.275 e. The van der Waals surface area contributed by atoms with Gasteiger partial charge in [0.2, 0.25) is 0 Å². The van der Waals surface area contributed by atoms with Crippen LogP contribution in [0.1, 0.15) is 37.9 Å². The molecule has 0 unspecified atom stereocenters. The summed E-state index contributed by atoms with van der Waals surface area (Å²) in [6, 6.07) is 0. The van der Waals surface area contributed by atoms with Crippen molar-refractivity contribution in [2.24, 2.45) is 7.05 Å². The zero-order valence-corrected chi connectivity index (χ0v) is 8.09. The first-order valence-electron chi connectivity index (χ1n) is 4.69. The Balaban J connectivity index is 2.41. The molecule has 2 heteroatoms. The van der Waals surface area contributed by atoms with Crippen molar-refractivity contribution < 1.29 is 0 Å². The van der Waals surface area contributed by atoms with Crippen molar-refractivity contribution in [3.63, 3.8) is 0 Å². The summed E-state index contributed by atoms with van der Waals surface area (Å²) in [5.74, 6) is 0. The van der Waals surface area contributed by atoms with Crippen molar-refractivity contribution in [1.29, 1.82) is 0 Å². The minimum Gasteiger partial charge on any atom is -0.275 e. The summed E-state index contributed by atoms with van der Waals surface area (Å²) in [6.07, 6.45) is 5.89. The molecule has 1 fully saturated rings. The maximum Gasteiger partial charge on any atom is 0.0715 e. The average Bonchev–Trinajstić information content (AvgIpc) is 2.64. The highest BCUT2D eigenvalue weighted by Gasteiger charge is 2.42. The van der Waals surface area contributed by atoms with Crippen LogP contribution in [-0.4, -0.2) is 9.78 Å². The maximum atomic E-state index is 4.53. The third kappa shape index (κ3) is 1.06. The van der Waals surface area contributed by atoms with Crippen LogP contribution in [0.3, 0.4) is 0 Å². The van der Waals surface area contributed by atoms with Crippen LogP contribution in [0.15, 0.2) is 6.20 Å². The topological polar surface area (TPSA) is 17.8 Å². The number of aromatic nitrogens is 2. The smallest absolute Gasteiger partial charge is 0.0715 e. The molecule has 0 saturated heterocycles. The standard InChI is InChI=1S/C10H16N2/c1-4-8-7-12(3)11-9(8)10(2)5-6-10/h7H,4-6H2,1-3H3. The van der Waals surface area contributed by atoms with Gasteiger partial charge in [0.15, 0.2) is 0 Å². The molecule has 0 radical (unpaired) electrons. The summed E-state index contributed by atoms with van der Waals surface area (Å²) in [5.41, 5.74) is 3.19. The average molecular weight is 164 g/mol. The molecule has 2 rings (SSSR count). The number of hydrogen-bond acceptors (Lipinski definition) is 1. The molecule has 0 N–H and O–H groups in total. The van der Waals surface area contributed by atoms with Gasteiger partial charge in [0, 0.05) is 18.7 Å². The van der Waals surface area contributed by atoms with Crippen molar-refractivity contribution in [3.05, 3.63) is 17.5 Å². The van der Waals surface area contributed by atoms with E-state index in [9.17, 15) is 0 Å². The minimum atomic E-state index is 0.423. The van der Waals surface area contributed by atoms with E-state index in [2.05, 4.69) is 25.1 Å². The van der Waals surface area contributed by atoms with Crippen LogP contribution in [0.25, 0.3) is 0 Å². The van der Waals surface area contributed by atoms with Crippen molar-refractivity contribution >= 4 is 0 Å². The first-order chi connectivity index (χ1) is 5.65. The lowest BCUT2D eigenvalue weighted by Crippen LogP contribution is -2.04. The minimum absolute atomic E-state index is 0.423. The van der Waals surface area contributed by atoms with Crippen LogP contribution in [0.4, 0.5) is 0 Å². The second-order valence-electron chi connectivity index (χ2n) is 4.09. The Labute approximate surface area is 73.6 Å². The predicted molar refractivity (Wildman–Crippen MR) is 49.2 cm³/mol. The van der Waals surface area contributed by atoms with E-state index >= 15 is 0 Å². The van der Waals surface area contributed by atoms with Gasteiger partial charge in [-0.15, -0.1) is 0 Å². The van der Waals surface area contributed by atoms with Gasteiger partial charge in [0.25, 0.3) is 0 Å². The van der Waals surface area contributed by atoms with Crippen LogP contribution in [0, 0.1) is 0 Å². The first-order valence-corrected chi connectivity index (χ1v) is 4.69. The van der Waals surface area contributed by atoms with E-state index < -0.39 is 0 Å². The summed E-state index contributed by atoms with van der Waals surface area (Å²) in [5, 5.41) is 4.53. The van der Waals surface area contributed by atoms with E-state index in [0.717, 1.165) is 6.42 Å². The monoisotopic (exact) mass is 164 g/mol. The van der Waals surface area contributed by atoms with Gasteiger partial charge in [0.05, 0.1) is 5.69 Å². The molecule has 1 aromatic rings. The van der Waals surface area contributed by atoms with Crippen molar-refractivity contribution in [2.45, 2.75) is 38.5 Å². The van der Waals surface area contributed by atoms with E-state index in [1.54, 1.807) is 0 Å². The van der Waals surface area contributed by atoms with Crippen molar-refractivity contribution in [1.82, 2.24) is 9.78 Å². The van der Waals surface area contributed by atoms with Crippen LogP contribution < -0.4 is 0 Å². The Morgan fingerprint density at radius 1 is 1.58 bits per heavy atom. The fourth-order valence-electron chi connectivity index (χ4n) is 1.73. The molecule has 1 aliphatic carbocycles. The summed E-state index contributed by atoms with van der Waals surface area (Å²) in [6.45, 7) is 4.51. The van der Waals surface area contributed by atoms with Gasteiger partial charge in [-0.25, -0.2) is 0 Å². The Morgan fingerprint density at radius 3 is 2.75 bits per heavy atom. The van der Waals surface area contributed by atoms with E-state index in [1.165, 1.54) is 24.1 Å². The van der Waals surface area contributed by atoms with Crippen LogP contribution in [-0.2, 0) is 18.9 Å². The van der Waals surface area contributed by atoms with E-state index in [-0.39, 0.29) is 0 Å². The number of aryl methyl sites for hydroxylation is 2. The molecule has 66 valence electrons. The van der Waals surface area contributed by atoms with Crippen molar-refractivity contribution in [2.75, 3.05) is 0 Å². The molecule has 0 bridgehead atoms. The van der Waals surface area contributed by atoms with Gasteiger partial charge in [-0.1, -0.05) is 13.8 Å². The van der Waals surface area contributed by atoms with Gasteiger partial charge in [-0.05, 0) is 24.8 Å². The third-order valence-electron chi connectivity index (χ3n) is 2.86. The molecule has 0 aliphatic heterocycles. The van der Waals surface area contributed by atoms with Gasteiger partial charge >= 0.3 is 0 Å². The highest BCUT2D eigenvalue weighted by Crippen LogP contribution is 2.47. The Kier molecular flexibility index (Phi) is 1.53. The molecule has 0 aromatic carbocycles. The third-order valence-corrected chi connectivity index (χ3v) is 2.86. The molecular formula is C10H16N2. The molecule has 0 amide bonds. The Hall–Kier alpha value is -0.790. The lowest BCUT2D eigenvalue weighted by atomic mass is 10.0. The summed E-state index contributed by atoms with van der Waals surface area (Å²) in [4.78, 5) is 0. The van der Waals surface area contributed by atoms with Gasteiger partial charge in [-0.3, -0.25) is 4.68 Å². The number of nitrogens with zero attached hydrogens (tertiary/aromatic N) is 2. The molecule has 0 spiro atoms. The highest BCUT2D eigenvalue weighted by atomic mass is 15.3. The molecule has 0 atom stereocenters. The van der Waals surface area contributed by atoms with Gasteiger partial charge in [-0.2, -0.15) is 5.10 Å². The fourth-order valence-corrected chi connectivity index (χ4v) is 1.73. The second kappa shape index (κ2) is 2.35. The lowest BCUT2D eigenvalue weighted by Gasteiger charge is -2.05. The van der Waals surface area contributed by atoms with Gasteiger partial charge < -0.3 is 0 Å². The number of rotatable bonds is 2. The lowest BCUT2D eigenvalue weighted by molar-refractivity contribution is 0.679. The molecule has 1 saturated carbocycles. The molecule has 1 aromatic heterocycles. The van der Waals surface area contributed by atoms with Crippen LogP contribution in [0.5, 0.6) is 0 Å². The normalized spacial score (nSPS) is 19.6. The number of hydrogen-bond donors (Lipinski definition) is 0. The zero-order chi connectivity index (χ0) is 8.77. The SMILES string of the molecule is CCc1cn(C)nc1C1(C)CC1. The fraction of sp³-hybridized carbons (Fsp3) is 0.700. The van der Waals surface area contributed by atoms with Crippen molar-refractivity contribution in [3.8, 4) is 0 Å². The molecule has 12 heavy (non-hydrogen) atoms. The summed E-state index contributed by atoms with van der Waals surface area (Å²) in [7, 11) is 2.01. The van der Waals surface area contributed by atoms with Gasteiger partial charge in [0.1, 0.15) is 0 Å². The molecular weight excluding hydrogens is 148 g/mol. The molecule has 1 heterocycles. The first kappa shape index (κ1) is 7.84. The van der Waals surface area contributed by atoms with E-state index in [4.69, 9.17) is 0 Å². The van der Waals surface area contributed by atoms with Crippen LogP contribution in [0.2, 0.25) is 0 Å². The Morgan fingerprint density at radius 2 is 2.25 bits per heavy atom. The van der Waals surface area contributed by atoms with E-state index in [0.29, 0.717) is 5.41 Å². The summed E-state index contributed by atoms with van der Waals surface area (Å²) >= 11 is 0. The quantitative estimate of drug-likeness (QED) is 0.654. The summed E-state index contributed by atoms with van der Waals surface area (Å²) < 4.78 is 1.94. The second-order valence-corrected chi connectivity index (χ2v) is 4.09. The Bertz CT molecular complexity index is 295. The maximum absolute atomic E-state index is 4.53. The molecule has 1 aliphatic rings. The predicted octanol–water partition coefficient (Wildman–Crippen LogP) is 2.03.